The number of ether oxygens (including phenoxy) is 2. The van der Waals surface area contributed by atoms with Gasteiger partial charge in [0, 0.05) is 13.2 Å². The number of hydrogen-bond acceptors (Lipinski definition) is 7. The molecule has 1 aromatic heterocycles. The summed E-state index contributed by atoms with van der Waals surface area (Å²) >= 11 is 6.08. The van der Waals surface area contributed by atoms with Crippen molar-refractivity contribution in [1.82, 2.24) is 10.2 Å². The standard InChI is InChI=1S/C18H19ClN4O4/c1-26-18(25)11-4-5-13(19)15(9-11)21-17(24)14-6-7-16(23-22-14)20-10-12-3-2-8-27-12/h4-7,9,12H,2-3,8,10H2,1H3,(H,20,23)(H,21,24). The second kappa shape index (κ2) is 8.79. The van der Waals surface area contributed by atoms with Crippen molar-refractivity contribution < 1.29 is 19.1 Å². The fourth-order valence-corrected chi connectivity index (χ4v) is 2.79. The number of hydrogen-bond donors (Lipinski definition) is 2. The van der Waals surface area contributed by atoms with Crippen molar-refractivity contribution in [3.05, 3.63) is 46.6 Å². The molecule has 2 heterocycles. The molecule has 1 saturated heterocycles. The number of amides is 1. The average molecular weight is 391 g/mol. The number of carbonyl (C=O) groups excluding carboxylic acids is 2. The largest absolute Gasteiger partial charge is 0.465 e. The van der Waals surface area contributed by atoms with Crippen molar-refractivity contribution in [2.45, 2.75) is 18.9 Å². The van der Waals surface area contributed by atoms with Gasteiger partial charge >= 0.3 is 5.97 Å². The molecular weight excluding hydrogens is 372 g/mol. The van der Waals surface area contributed by atoms with Gasteiger partial charge in [-0.3, -0.25) is 4.79 Å². The first kappa shape index (κ1) is 19.1. The van der Waals surface area contributed by atoms with E-state index >= 15 is 0 Å². The molecule has 0 bridgehead atoms. The van der Waals surface area contributed by atoms with Crippen LogP contribution in [0.1, 0.15) is 33.7 Å². The molecule has 0 saturated carbocycles. The van der Waals surface area contributed by atoms with E-state index in [1.54, 1.807) is 12.1 Å². The van der Waals surface area contributed by atoms with Gasteiger partial charge in [-0.25, -0.2) is 4.79 Å². The fourth-order valence-electron chi connectivity index (χ4n) is 2.62. The molecule has 8 nitrogen and oxygen atoms in total. The minimum atomic E-state index is -0.524. The maximum Gasteiger partial charge on any atom is 0.337 e. The number of rotatable bonds is 6. The van der Waals surface area contributed by atoms with Crippen molar-refractivity contribution in [3.63, 3.8) is 0 Å². The molecule has 0 aliphatic carbocycles. The predicted molar refractivity (Wildman–Crippen MR) is 100 cm³/mol. The molecule has 2 aromatic rings. The van der Waals surface area contributed by atoms with Gasteiger partial charge in [0.15, 0.2) is 5.69 Å². The average Bonchev–Trinajstić information content (AvgIpc) is 3.21. The second-order valence-corrected chi connectivity index (χ2v) is 6.37. The molecule has 1 aliphatic heterocycles. The van der Waals surface area contributed by atoms with E-state index in [1.165, 1.54) is 25.3 Å². The Morgan fingerprint density at radius 2 is 2.15 bits per heavy atom. The van der Waals surface area contributed by atoms with Gasteiger partial charge in [-0.2, -0.15) is 0 Å². The Morgan fingerprint density at radius 3 is 2.81 bits per heavy atom. The zero-order valence-corrected chi connectivity index (χ0v) is 15.5. The van der Waals surface area contributed by atoms with Crippen LogP contribution in [0.4, 0.5) is 11.5 Å². The Bertz CT molecular complexity index is 823. The third-order valence-electron chi connectivity index (χ3n) is 4.07. The summed E-state index contributed by atoms with van der Waals surface area (Å²) in [5, 5.41) is 14.0. The molecule has 1 aliphatic rings. The highest BCUT2D eigenvalue weighted by molar-refractivity contribution is 6.34. The lowest BCUT2D eigenvalue weighted by molar-refractivity contribution is 0.0600. The highest BCUT2D eigenvalue weighted by Crippen LogP contribution is 2.24. The Kier molecular flexibility index (Phi) is 6.20. The van der Waals surface area contributed by atoms with Crippen LogP contribution in [-0.2, 0) is 9.47 Å². The van der Waals surface area contributed by atoms with E-state index in [0.29, 0.717) is 17.4 Å². The molecule has 2 N–H and O–H groups in total. The van der Waals surface area contributed by atoms with Crippen LogP contribution in [0.2, 0.25) is 5.02 Å². The fraction of sp³-hybridized carbons (Fsp3) is 0.333. The van der Waals surface area contributed by atoms with Gasteiger partial charge < -0.3 is 20.1 Å². The number of esters is 1. The van der Waals surface area contributed by atoms with Crippen molar-refractivity contribution >= 4 is 35.0 Å². The molecule has 1 aromatic carbocycles. The van der Waals surface area contributed by atoms with Gasteiger partial charge in [-0.1, -0.05) is 11.6 Å². The highest BCUT2D eigenvalue weighted by Gasteiger charge is 2.16. The molecule has 9 heteroatoms. The molecular formula is C18H19ClN4O4. The number of benzene rings is 1. The number of nitrogens with zero attached hydrogens (tertiary/aromatic N) is 2. The second-order valence-electron chi connectivity index (χ2n) is 5.96. The summed E-state index contributed by atoms with van der Waals surface area (Å²) in [5.74, 6) is -0.450. The molecule has 1 atom stereocenters. The summed E-state index contributed by atoms with van der Waals surface area (Å²) in [6.07, 6.45) is 2.27. The number of halogens is 1. The molecule has 0 radical (unpaired) electrons. The van der Waals surface area contributed by atoms with Crippen LogP contribution < -0.4 is 10.6 Å². The first-order valence-corrected chi connectivity index (χ1v) is 8.83. The highest BCUT2D eigenvalue weighted by atomic mass is 35.5. The van der Waals surface area contributed by atoms with E-state index in [9.17, 15) is 9.59 Å². The third-order valence-corrected chi connectivity index (χ3v) is 4.40. The minimum Gasteiger partial charge on any atom is -0.465 e. The van der Waals surface area contributed by atoms with E-state index in [2.05, 4.69) is 25.6 Å². The number of carbonyl (C=O) groups is 2. The Labute approximate surface area is 161 Å². The first-order chi connectivity index (χ1) is 13.1. The normalized spacial score (nSPS) is 16.0. The van der Waals surface area contributed by atoms with Gasteiger partial charge in [0.2, 0.25) is 0 Å². The van der Waals surface area contributed by atoms with E-state index in [-0.39, 0.29) is 23.0 Å². The predicted octanol–water partition coefficient (Wildman–Crippen LogP) is 2.76. The van der Waals surface area contributed by atoms with Crippen LogP contribution in [-0.4, -0.2) is 48.4 Å². The van der Waals surface area contributed by atoms with Gasteiger partial charge in [0.1, 0.15) is 5.82 Å². The number of anilines is 2. The molecule has 0 spiro atoms. The van der Waals surface area contributed by atoms with Crippen LogP contribution in [0.15, 0.2) is 30.3 Å². The van der Waals surface area contributed by atoms with E-state index in [0.717, 1.165) is 19.4 Å². The molecule has 1 unspecified atom stereocenters. The van der Waals surface area contributed by atoms with E-state index < -0.39 is 11.9 Å². The lowest BCUT2D eigenvalue weighted by Crippen LogP contribution is -2.20. The zero-order valence-electron chi connectivity index (χ0n) is 14.7. The summed E-state index contributed by atoms with van der Waals surface area (Å²) < 4.78 is 10.2. The van der Waals surface area contributed by atoms with E-state index in [1.807, 2.05) is 0 Å². The van der Waals surface area contributed by atoms with Crippen LogP contribution in [0.25, 0.3) is 0 Å². The molecule has 3 rings (SSSR count). The molecule has 27 heavy (non-hydrogen) atoms. The lowest BCUT2D eigenvalue weighted by atomic mass is 10.2. The SMILES string of the molecule is COC(=O)c1ccc(Cl)c(NC(=O)c2ccc(NCC3CCCO3)nn2)c1. The first-order valence-electron chi connectivity index (χ1n) is 8.45. The van der Waals surface area contributed by atoms with Gasteiger partial charge in [-0.15, -0.1) is 10.2 Å². The smallest absolute Gasteiger partial charge is 0.337 e. The van der Waals surface area contributed by atoms with Crippen LogP contribution in [0.5, 0.6) is 0 Å². The molecule has 1 fully saturated rings. The Balaban J connectivity index is 1.63. The van der Waals surface area contributed by atoms with Crippen molar-refractivity contribution in [3.8, 4) is 0 Å². The summed E-state index contributed by atoms with van der Waals surface area (Å²) in [6, 6.07) is 7.68. The van der Waals surface area contributed by atoms with Crippen LogP contribution >= 0.6 is 11.6 Å². The summed E-state index contributed by atoms with van der Waals surface area (Å²) in [5.41, 5.74) is 0.682. The number of aromatic nitrogens is 2. The quantitative estimate of drug-likeness (QED) is 0.731. The maximum atomic E-state index is 12.4. The molecule has 142 valence electrons. The van der Waals surface area contributed by atoms with E-state index in [4.69, 9.17) is 16.3 Å². The number of nitrogens with one attached hydrogen (secondary N) is 2. The van der Waals surface area contributed by atoms with Crippen molar-refractivity contribution in [1.29, 1.82) is 0 Å². The van der Waals surface area contributed by atoms with Crippen LogP contribution in [0.3, 0.4) is 0 Å². The summed E-state index contributed by atoms with van der Waals surface area (Å²) in [7, 11) is 1.28. The van der Waals surface area contributed by atoms with Gasteiger partial charge in [-0.05, 0) is 43.2 Å². The molecule has 1 amide bonds. The maximum absolute atomic E-state index is 12.4. The number of methoxy groups -OCH3 is 1. The summed E-state index contributed by atoms with van der Waals surface area (Å²) in [6.45, 7) is 1.44. The monoisotopic (exact) mass is 390 g/mol. The van der Waals surface area contributed by atoms with Crippen molar-refractivity contribution in [2.75, 3.05) is 30.9 Å². The van der Waals surface area contributed by atoms with Crippen molar-refractivity contribution in [2.24, 2.45) is 0 Å². The van der Waals surface area contributed by atoms with Crippen LogP contribution in [0, 0.1) is 0 Å². The minimum absolute atomic E-state index is 0.122. The Hall–Kier alpha value is -2.71. The topological polar surface area (TPSA) is 102 Å². The third kappa shape index (κ3) is 4.93. The summed E-state index contributed by atoms with van der Waals surface area (Å²) in [4.78, 5) is 24.0. The lowest BCUT2D eigenvalue weighted by Gasteiger charge is -2.11. The zero-order chi connectivity index (χ0) is 19.2. The van der Waals surface area contributed by atoms with Gasteiger partial charge in [0.05, 0.1) is 29.5 Å². The Morgan fingerprint density at radius 1 is 1.30 bits per heavy atom. The van der Waals surface area contributed by atoms with Gasteiger partial charge in [0.25, 0.3) is 5.91 Å².